The van der Waals surface area contributed by atoms with Gasteiger partial charge in [0.1, 0.15) is 5.82 Å². The Bertz CT molecular complexity index is 672. The molecule has 21 heavy (non-hydrogen) atoms. The summed E-state index contributed by atoms with van der Waals surface area (Å²) in [6.45, 7) is 1.25. The Kier molecular flexibility index (Phi) is 4.52. The fraction of sp³-hybridized carbons (Fsp3) is 0.133. The highest BCUT2D eigenvalue weighted by molar-refractivity contribution is 6.32. The summed E-state index contributed by atoms with van der Waals surface area (Å²) in [6.07, 6.45) is 0. The van der Waals surface area contributed by atoms with Gasteiger partial charge in [-0.3, -0.25) is 4.79 Å². The number of hydrogen-bond donors (Lipinski definition) is 2. The fourth-order valence-corrected chi connectivity index (χ4v) is 2.21. The Hall–Kier alpha value is -1.62. The van der Waals surface area contributed by atoms with Crippen LogP contribution in [0.15, 0.2) is 42.5 Å². The van der Waals surface area contributed by atoms with Gasteiger partial charge in [-0.25, -0.2) is 4.39 Å². The van der Waals surface area contributed by atoms with E-state index in [4.69, 9.17) is 23.2 Å². The van der Waals surface area contributed by atoms with Crippen molar-refractivity contribution in [3.05, 3.63) is 63.9 Å². The van der Waals surface area contributed by atoms with Crippen molar-refractivity contribution < 1.29 is 14.3 Å². The minimum atomic E-state index is -1.97. The van der Waals surface area contributed by atoms with Crippen LogP contribution < -0.4 is 5.32 Å². The van der Waals surface area contributed by atoms with Crippen molar-refractivity contribution in [3.63, 3.8) is 0 Å². The summed E-state index contributed by atoms with van der Waals surface area (Å²) in [5.74, 6) is -1.31. The highest BCUT2D eigenvalue weighted by atomic mass is 35.5. The molecule has 0 heterocycles. The number of anilines is 1. The van der Waals surface area contributed by atoms with E-state index in [1.165, 1.54) is 13.0 Å². The first-order valence-corrected chi connectivity index (χ1v) is 6.81. The second-order valence-corrected chi connectivity index (χ2v) is 5.50. The van der Waals surface area contributed by atoms with Gasteiger partial charge in [0.15, 0.2) is 5.60 Å². The molecule has 2 aromatic carbocycles. The number of aliphatic hydroxyl groups is 1. The molecule has 2 N–H and O–H groups in total. The van der Waals surface area contributed by atoms with Crippen molar-refractivity contribution in [1.29, 1.82) is 0 Å². The van der Waals surface area contributed by atoms with Gasteiger partial charge in [-0.05, 0) is 49.4 Å². The minimum absolute atomic E-state index is 0.00405. The van der Waals surface area contributed by atoms with Crippen LogP contribution in [0.3, 0.4) is 0 Å². The smallest absolute Gasteiger partial charge is 0.260 e. The van der Waals surface area contributed by atoms with Crippen LogP contribution in [0.25, 0.3) is 0 Å². The molecule has 0 aliphatic carbocycles. The monoisotopic (exact) mass is 327 g/mol. The lowest BCUT2D eigenvalue weighted by atomic mass is 9.94. The zero-order valence-corrected chi connectivity index (χ0v) is 12.5. The number of benzene rings is 2. The zero-order valence-electron chi connectivity index (χ0n) is 11.0. The molecular formula is C15H12Cl2FNO2. The Labute approximate surface area is 131 Å². The summed E-state index contributed by atoms with van der Waals surface area (Å²) in [6, 6.07) is 9.84. The highest BCUT2D eigenvalue weighted by Gasteiger charge is 2.34. The van der Waals surface area contributed by atoms with Crippen molar-refractivity contribution in [1.82, 2.24) is 0 Å². The maximum Gasteiger partial charge on any atom is 0.260 e. The summed E-state index contributed by atoms with van der Waals surface area (Å²) in [7, 11) is 0. The van der Waals surface area contributed by atoms with Crippen LogP contribution in [0, 0.1) is 5.82 Å². The predicted octanol–water partition coefficient (Wildman–Crippen LogP) is 3.98. The van der Waals surface area contributed by atoms with Crippen LogP contribution in [-0.4, -0.2) is 11.0 Å². The van der Waals surface area contributed by atoms with Gasteiger partial charge in [-0.1, -0.05) is 23.2 Å². The third-order valence-electron chi connectivity index (χ3n) is 3.00. The Morgan fingerprint density at radius 3 is 2.43 bits per heavy atom. The molecular weight excluding hydrogens is 316 g/mol. The third-order valence-corrected chi connectivity index (χ3v) is 3.58. The van der Waals surface area contributed by atoms with Crippen molar-refractivity contribution in [2.24, 2.45) is 0 Å². The lowest BCUT2D eigenvalue weighted by molar-refractivity contribution is -0.133. The molecule has 0 aliphatic rings. The van der Waals surface area contributed by atoms with Crippen LogP contribution >= 0.6 is 23.2 Å². The lowest BCUT2D eigenvalue weighted by Crippen LogP contribution is -2.37. The number of rotatable bonds is 3. The van der Waals surface area contributed by atoms with Gasteiger partial charge in [0.25, 0.3) is 5.91 Å². The third kappa shape index (κ3) is 3.53. The lowest BCUT2D eigenvalue weighted by Gasteiger charge is -2.24. The highest BCUT2D eigenvalue weighted by Crippen LogP contribution is 2.30. The van der Waals surface area contributed by atoms with Crippen molar-refractivity contribution in [2.75, 3.05) is 5.32 Å². The molecule has 2 aromatic rings. The quantitative estimate of drug-likeness (QED) is 0.895. The number of carbonyl (C=O) groups is 1. The molecule has 0 saturated carbocycles. The van der Waals surface area contributed by atoms with E-state index < -0.39 is 17.3 Å². The van der Waals surface area contributed by atoms with E-state index in [2.05, 4.69) is 5.32 Å². The van der Waals surface area contributed by atoms with E-state index in [0.717, 1.165) is 12.1 Å². The van der Waals surface area contributed by atoms with Crippen LogP contribution in [-0.2, 0) is 10.4 Å². The maximum absolute atomic E-state index is 13.3. The Morgan fingerprint density at radius 2 is 1.81 bits per heavy atom. The molecule has 1 unspecified atom stereocenters. The molecule has 0 fully saturated rings. The van der Waals surface area contributed by atoms with Gasteiger partial charge in [0, 0.05) is 21.3 Å². The first-order valence-electron chi connectivity index (χ1n) is 6.05. The van der Waals surface area contributed by atoms with Crippen molar-refractivity contribution in [2.45, 2.75) is 12.5 Å². The molecule has 0 saturated heterocycles. The van der Waals surface area contributed by atoms with E-state index >= 15 is 0 Å². The zero-order chi connectivity index (χ0) is 15.6. The van der Waals surface area contributed by atoms with Gasteiger partial charge >= 0.3 is 0 Å². The van der Waals surface area contributed by atoms with Crippen molar-refractivity contribution in [3.8, 4) is 0 Å². The largest absolute Gasteiger partial charge is 0.375 e. The second kappa shape index (κ2) is 6.02. The Balaban J connectivity index is 2.27. The normalized spacial score (nSPS) is 13.6. The number of nitrogens with one attached hydrogen (secondary N) is 1. The van der Waals surface area contributed by atoms with Crippen LogP contribution in [0.2, 0.25) is 10.0 Å². The molecule has 0 aliphatic heterocycles. The van der Waals surface area contributed by atoms with E-state index in [1.54, 1.807) is 24.3 Å². The Morgan fingerprint density at radius 1 is 1.19 bits per heavy atom. The number of carbonyl (C=O) groups excluding carboxylic acids is 1. The second-order valence-electron chi connectivity index (χ2n) is 4.66. The van der Waals surface area contributed by atoms with Crippen molar-refractivity contribution >= 4 is 34.8 Å². The van der Waals surface area contributed by atoms with Crippen LogP contribution in [0.4, 0.5) is 10.1 Å². The molecule has 0 bridgehead atoms. The molecule has 0 aromatic heterocycles. The van der Waals surface area contributed by atoms with Crippen LogP contribution in [0.5, 0.6) is 0 Å². The van der Waals surface area contributed by atoms with E-state index in [9.17, 15) is 14.3 Å². The number of amides is 1. The minimum Gasteiger partial charge on any atom is -0.375 e. The first kappa shape index (κ1) is 15.8. The average molecular weight is 328 g/mol. The molecule has 1 atom stereocenters. The summed E-state index contributed by atoms with van der Waals surface area (Å²) in [5, 5.41) is 13.5. The van der Waals surface area contributed by atoms with E-state index in [-0.39, 0.29) is 10.6 Å². The summed E-state index contributed by atoms with van der Waals surface area (Å²) in [4.78, 5) is 12.2. The summed E-state index contributed by atoms with van der Waals surface area (Å²) < 4.78 is 13.3. The first-order chi connectivity index (χ1) is 9.80. The molecule has 2 rings (SSSR count). The molecule has 0 radical (unpaired) electrons. The summed E-state index contributed by atoms with van der Waals surface area (Å²) in [5.41, 5.74) is -1.52. The van der Waals surface area contributed by atoms with Gasteiger partial charge in [-0.15, -0.1) is 0 Å². The molecule has 0 spiro atoms. The van der Waals surface area contributed by atoms with Gasteiger partial charge in [-0.2, -0.15) is 0 Å². The SMILES string of the molecule is CC(O)(C(=O)Nc1ccc(Cl)cc1)c1cc(F)ccc1Cl. The van der Waals surface area contributed by atoms with Gasteiger partial charge in [0.2, 0.25) is 0 Å². The topological polar surface area (TPSA) is 49.3 Å². The van der Waals surface area contributed by atoms with Gasteiger partial charge in [0.05, 0.1) is 0 Å². The number of hydrogen-bond acceptors (Lipinski definition) is 2. The van der Waals surface area contributed by atoms with E-state index in [1.807, 2.05) is 0 Å². The molecule has 1 amide bonds. The fourth-order valence-electron chi connectivity index (χ4n) is 1.78. The van der Waals surface area contributed by atoms with E-state index in [0.29, 0.717) is 10.7 Å². The average Bonchev–Trinajstić information content (AvgIpc) is 2.43. The predicted molar refractivity (Wildman–Crippen MR) is 81.1 cm³/mol. The molecule has 110 valence electrons. The van der Waals surface area contributed by atoms with Gasteiger partial charge < -0.3 is 10.4 Å². The molecule has 3 nitrogen and oxygen atoms in total. The number of halogens is 3. The standard InChI is InChI=1S/C15H12Cl2FNO2/c1-15(21,12-8-10(18)4-7-13(12)17)14(20)19-11-5-2-9(16)3-6-11/h2-8,21H,1H3,(H,19,20). The maximum atomic E-state index is 13.3. The van der Waals surface area contributed by atoms with Crippen LogP contribution in [0.1, 0.15) is 12.5 Å². The molecule has 6 heteroatoms. The summed E-state index contributed by atoms with van der Waals surface area (Å²) >= 11 is 11.7.